The molecular formula is C22H16N4OS. The van der Waals surface area contributed by atoms with Crippen LogP contribution in [0.5, 0.6) is 0 Å². The molecule has 0 aliphatic heterocycles. The molecule has 28 heavy (non-hydrogen) atoms. The molecule has 2 aromatic carbocycles. The smallest absolute Gasteiger partial charge is 0.255 e. The molecule has 0 bridgehead atoms. The molecule has 2 aromatic heterocycles. The van der Waals surface area contributed by atoms with Crippen molar-refractivity contribution in [1.82, 2.24) is 15.1 Å². The molecule has 0 saturated heterocycles. The van der Waals surface area contributed by atoms with E-state index in [1.807, 2.05) is 60.0 Å². The van der Waals surface area contributed by atoms with E-state index in [1.165, 1.54) is 0 Å². The lowest BCUT2D eigenvalue weighted by molar-refractivity contribution is 0.0951. The zero-order valence-corrected chi connectivity index (χ0v) is 15.7. The fraction of sp³-hybridized carbons (Fsp3) is 0.0455. The molecule has 1 amide bonds. The molecule has 5 nitrogen and oxygen atoms in total. The SMILES string of the molecule is N#Cc1ccc(CNC(=O)c2cn(-c3ccccc3)nc2-c2cccs2)cc1. The van der Waals surface area contributed by atoms with Crippen LogP contribution >= 0.6 is 11.3 Å². The highest BCUT2D eigenvalue weighted by Crippen LogP contribution is 2.27. The van der Waals surface area contributed by atoms with Crippen LogP contribution in [-0.4, -0.2) is 15.7 Å². The van der Waals surface area contributed by atoms with Gasteiger partial charge in [0.15, 0.2) is 0 Å². The first-order valence-electron chi connectivity index (χ1n) is 8.71. The number of carbonyl (C=O) groups excluding carboxylic acids is 1. The summed E-state index contributed by atoms with van der Waals surface area (Å²) in [5.74, 6) is -0.185. The van der Waals surface area contributed by atoms with E-state index >= 15 is 0 Å². The minimum absolute atomic E-state index is 0.185. The molecule has 136 valence electrons. The van der Waals surface area contributed by atoms with E-state index in [4.69, 9.17) is 5.26 Å². The number of para-hydroxylation sites is 1. The van der Waals surface area contributed by atoms with Gasteiger partial charge in [-0.15, -0.1) is 11.3 Å². The summed E-state index contributed by atoms with van der Waals surface area (Å²) in [4.78, 5) is 13.8. The lowest BCUT2D eigenvalue weighted by Gasteiger charge is -2.05. The van der Waals surface area contributed by atoms with Gasteiger partial charge in [0.1, 0.15) is 5.69 Å². The van der Waals surface area contributed by atoms with Crippen LogP contribution in [-0.2, 0) is 6.54 Å². The highest BCUT2D eigenvalue weighted by molar-refractivity contribution is 7.13. The van der Waals surface area contributed by atoms with Gasteiger partial charge in [-0.1, -0.05) is 36.4 Å². The van der Waals surface area contributed by atoms with E-state index in [1.54, 1.807) is 34.3 Å². The highest BCUT2D eigenvalue weighted by atomic mass is 32.1. The molecule has 4 rings (SSSR count). The molecule has 0 unspecified atom stereocenters. The van der Waals surface area contributed by atoms with Gasteiger partial charge in [0, 0.05) is 12.7 Å². The van der Waals surface area contributed by atoms with E-state index in [0.29, 0.717) is 23.4 Å². The van der Waals surface area contributed by atoms with Gasteiger partial charge in [-0.25, -0.2) is 4.68 Å². The molecule has 0 radical (unpaired) electrons. The Kier molecular flexibility index (Phi) is 5.00. The molecule has 1 N–H and O–H groups in total. The standard InChI is InChI=1S/C22H16N4OS/c23-13-16-8-10-17(11-9-16)14-24-22(27)19-15-26(18-5-2-1-3-6-18)25-21(19)20-7-4-12-28-20/h1-12,15H,14H2,(H,24,27). The Hall–Kier alpha value is -3.69. The summed E-state index contributed by atoms with van der Waals surface area (Å²) in [7, 11) is 0. The van der Waals surface area contributed by atoms with Crippen LogP contribution in [0.4, 0.5) is 0 Å². The highest BCUT2D eigenvalue weighted by Gasteiger charge is 2.19. The third-order valence-corrected chi connectivity index (χ3v) is 5.15. The quantitative estimate of drug-likeness (QED) is 0.554. The fourth-order valence-corrected chi connectivity index (χ4v) is 3.55. The van der Waals surface area contributed by atoms with Crippen LogP contribution in [0.2, 0.25) is 0 Å². The average Bonchev–Trinajstić information content (AvgIpc) is 3.43. The predicted octanol–water partition coefficient (Wildman–Crippen LogP) is 4.40. The number of benzene rings is 2. The summed E-state index contributed by atoms with van der Waals surface area (Å²) < 4.78 is 1.73. The van der Waals surface area contributed by atoms with Gasteiger partial charge in [-0.3, -0.25) is 4.79 Å². The van der Waals surface area contributed by atoms with Crippen molar-refractivity contribution in [2.45, 2.75) is 6.54 Å². The maximum absolute atomic E-state index is 12.9. The number of hydrogen-bond acceptors (Lipinski definition) is 4. The summed E-state index contributed by atoms with van der Waals surface area (Å²) in [6, 6.07) is 22.9. The minimum Gasteiger partial charge on any atom is -0.348 e. The number of nitriles is 1. The zero-order valence-electron chi connectivity index (χ0n) is 14.9. The Balaban J connectivity index is 1.61. The number of rotatable bonds is 5. The van der Waals surface area contributed by atoms with Crippen molar-refractivity contribution in [3.05, 3.63) is 95.0 Å². The summed E-state index contributed by atoms with van der Waals surface area (Å²) in [5, 5.41) is 18.5. The largest absolute Gasteiger partial charge is 0.348 e. The number of amides is 1. The summed E-state index contributed by atoms with van der Waals surface area (Å²) in [6.07, 6.45) is 1.76. The number of carbonyl (C=O) groups is 1. The van der Waals surface area contributed by atoms with E-state index in [2.05, 4.69) is 16.5 Å². The molecule has 0 fully saturated rings. The van der Waals surface area contributed by atoms with Crippen LogP contribution in [0.15, 0.2) is 78.3 Å². The Morgan fingerprint density at radius 1 is 1.07 bits per heavy atom. The van der Waals surface area contributed by atoms with Crippen molar-refractivity contribution >= 4 is 17.2 Å². The zero-order chi connectivity index (χ0) is 19.3. The lowest BCUT2D eigenvalue weighted by Crippen LogP contribution is -2.22. The van der Waals surface area contributed by atoms with Gasteiger partial charge in [0.2, 0.25) is 0 Å². The maximum atomic E-state index is 12.9. The summed E-state index contributed by atoms with van der Waals surface area (Å²) in [5.41, 5.74) is 3.61. The first kappa shape index (κ1) is 17.7. The Bertz CT molecular complexity index is 1120. The predicted molar refractivity (Wildman–Crippen MR) is 109 cm³/mol. The maximum Gasteiger partial charge on any atom is 0.255 e. The van der Waals surface area contributed by atoms with E-state index < -0.39 is 0 Å². The number of nitrogens with zero attached hydrogens (tertiary/aromatic N) is 3. The van der Waals surface area contributed by atoms with Crippen LogP contribution in [0.3, 0.4) is 0 Å². The van der Waals surface area contributed by atoms with Gasteiger partial charge in [-0.2, -0.15) is 10.4 Å². The molecule has 0 saturated carbocycles. The van der Waals surface area contributed by atoms with Crippen molar-refractivity contribution in [1.29, 1.82) is 5.26 Å². The van der Waals surface area contributed by atoms with Gasteiger partial charge in [-0.05, 0) is 41.3 Å². The van der Waals surface area contributed by atoms with E-state index in [9.17, 15) is 4.79 Å². The number of hydrogen-bond donors (Lipinski definition) is 1. The first-order valence-corrected chi connectivity index (χ1v) is 9.59. The minimum atomic E-state index is -0.185. The second-order valence-electron chi connectivity index (χ2n) is 6.14. The third kappa shape index (κ3) is 3.70. The first-order chi connectivity index (χ1) is 13.7. The molecule has 4 aromatic rings. The van der Waals surface area contributed by atoms with Gasteiger partial charge >= 0.3 is 0 Å². The molecule has 6 heteroatoms. The lowest BCUT2D eigenvalue weighted by atomic mass is 10.1. The van der Waals surface area contributed by atoms with Gasteiger partial charge < -0.3 is 5.32 Å². The van der Waals surface area contributed by atoms with Crippen molar-refractivity contribution in [3.8, 4) is 22.3 Å². The molecule has 0 aliphatic carbocycles. The molecule has 0 atom stereocenters. The second kappa shape index (κ2) is 7.91. The monoisotopic (exact) mass is 384 g/mol. The van der Waals surface area contributed by atoms with Crippen molar-refractivity contribution in [2.24, 2.45) is 0 Å². The second-order valence-corrected chi connectivity index (χ2v) is 7.09. The number of aromatic nitrogens is 2. The van der Waals surface area contributed by atoms with E-state index in [-0.39, 0.29) is 5.91 Å². The average molecular weight is 384 g/mol. The Morgan fingerprint density at radius 2 is 1.86 bits per heavy atom. The molecule has 0 aliphatic rings. The van der Waals surface area contributed by atoms with Gasteiger partial charge in [0.05, 0.1) is 27.8 Å². The Labute approximate surface area is 166 Å². The van der Waals surface area contributed by atoms with Crippen molar-refractivity contribution in [2.75, 3.05) is 0 Å². The number of thiophene rings is 1. The van der Waals surface area contributed by atoms with Crippen molar-refractivity contribution < 1.29 is 4.79 Å². The topological polar surface area (TPSA) is 70.7 Å². The van der Waals surface area contributed by atoms with E-state index in [0.717, 1.165) is 16.1 Å². The summed E-state index contributed by atoms with van der Waals surface area (Å²) >= 11 is 1.55. The molecular weight excluding hydrogens is 368 g/mol. The van der Waals surface area contributed by atoms with Crippen LogP contribution in [0.25, 0.3) is 16.3 Å². The van der Waals surface area contributed by atoms with Crippen molar-refractivity contribution in [3.63, 3.8) is 0 Å². The van der Waals surface area contributed by atoms with Crippen LogP contribution < -0.4 is 5.32 Å². The number of nitrogens with one attached hydrogen (secondary N) is 1. The van der Waals surface area contributed by atoms with Gasteiger partial charge in [0.25, 0.3) is 5.91 Å². The Morgan fingerprint density at radius 3 is 2.54 bits per heavy atom. The molecule has 2 heterocycles. The van der Waals surface area contributed by atoms with Crippen LogP contribution in [0.1, 0.15) is 21.5 Å². The molecule has 0 spiro atoms. The fourth-order valence-electron chi connectivity index (χ4n) is 2.82. The third-order valence-electron chi connectivity index (χ3n) is 4.27. The van der Waals surface area contributed by atoms with Crippen LogP contribution in [0, 0.1) is 11.3 Å². The normalized spacial score (nSPS) is 10.4. The summed E-state index contributed by atoms with van der Waals surface area (Å²) in [6.45, 7) is 0.380.